The zero-order valence-electron chi connectivity index (χ0n) is 29.1. The van der Waals surface area contributed by atoms with Gasteiger partial charge in [-0.15, -0.1) is 0 Å². The number of carbonyl (C=O) groups excluding carboxylic acids is 4. The molecule has 12 heteroatoms. The molecule has 0 radical (unpaired) electrons. The quantitative estimate of drug-likeness (QED) is 0.117. The summed E-state index contributed by atoms with van der Waals surface area (Å²) in [6.45, 7) is 6.21. The molecule has 2 N–H and O–H groups in total. The largest absolute Gasteiger partial charge is 0.466 e. The predicted molar refractivity (Wildman–Crippen MR) is 174 cm³/mol. The summed E-state index contributed by atoms with van der Waals surface area (Å²) >= 11 is 0. The molecule has 2 fully saturated rings. The summed E-state index contributed by atoms with van der Waals surface area (Å²) in [6.07, 6.45) is 7.86. The van der Waals surface area contributed by atoms with Gasteiger partial charge in [0.1, 0.15) is 6.10 Å². The van der Waals surface area contributed by atoms with E-state index in [9.17, 15) is 29.4 Å². The number of ether oxygens (including phenoxy) is 6. The maximum Gasteiger partial charge on any atom is 0.330 e. The molecule has 0 amide bonds. The fourth-order valence-electron chi connectivity index (χ4n) is 6.49. The van der Waals surface area contributed by atoms with Crippen molar-refractivity contribution in [3.63, 3.8) is 0 Å². The molecule has 1 unspecified atom stereocenters. The smallest absolute Gasteiger partial charge is 0.330 e. The molecule has 0 spiro atoms. The molecule has 1 saturated carbocycles. The first-order valence-electron chi connectivity index (χ1n) is 17.5. The van der Waals surface area contributed by atoms with Crippen molar-refractivity contribution in [2.24, 2.45) is 11.3 Å². The Kier molecular flexibility index (Phi) is 16.2. The molecule has 272 valence electrons. The lowest BCUT2D eigenvalue weighted by molar-refractivity contribution is -0.194. The molecular formula is C36H56O12. The number of esters is 3. The number of hydrogen-bond donors (Lipinski definition) is 2. The summed E-state index contributed by atoms with van der Waals surface area (Å²) in [6, 6.07) is 0. The number of unbranched alkanes of at least 4 members (excludes halogenated alkanes) is 4. The van der Waals surface area contributed by atoms with E-state index in [1.807, 2.05) is 0 Å². The van der Waals surface area contributed by atoms with E-state index in [1.54, 1.807) is 26.0 Å². The summed E-state index contributed by atoms with van der Waals surface area (Å²) in [5.74, 6) is -3.55. The van der Waals surface area contributed by atoms with E-state index in [1.165, 1.54) is 7.11 Å². The van der Waals surface area contributed by atoms with Crippen molar-refractivity contribution in [3.8, 4) is 0 Å². The average Bonchev–Trinajstić information content (AvgIpc) is 3.06. The average molecular weight is 681 g/mol. The van der Waals surface area contributed by atoms with Crippen molar-refractivity contribution in [2.45, 2.75) is 134 Å². The molecule has 6 atom stereocenters. The van der Waals surface area contributed by atoms with E-state index >= 15 is 0 Å². The van der Waals surface area contributed by atoms with Crippen molar-refractivity contribution < 1.29 is 57.8 Å². The van der Waals surface area contributed by atoms with Gasteiger partial charge in [0, 0.05) is 43.5 Å². The predicted octanol–water partition coefficient (Wildman–Crippen LogP) is 4.28. The van der Waals surface area contributed by atoms with E-state index in [2.05, 4.69) is 6.92 Å². The van der Waals surface area contributed by atoms with Crippen LogP contribution in [0.15, 0.2) is 23.8 Å². The topological polar surface area (TPSA) is 164 Å². The first-order chi connectivity index (χ1) is 22.9. The van der Waals surface area contributed by atoms with E-state index in [0.29, 0.717) is 51.9 Å². The number of rotatable bonds is 9. The molecule has 3 aliphatic rings. The Morgan fingerprint density at radius 2 is 1.81 bits per heavy atom. The minimum atomic E-state index is -2.38. The summed E-state index contributed by atoms with van der Waals surface area (Å²) in [7, 11) is 1.20. The number of Topliss-reactive ketones (excluding diaryl/α,β-unsaturated/α-hetero) is 1. The zero-order valence-corrected chi connectivity index (χ0v) is 29.1. The maximum absolute atomic E-state index is 14.5. The van der Waals surface area contributed by atoms with Crippen molar-refractivity contribution in [1.29, 1.82) is 0 Å². The normalized spacial score (nSPS) is 32.1. The van der Waals surface area contributed by atoms with Gasteiger partial charge in [-0.1, -0.05) is 52.5 Å². The Balaban J connectivity index is 2.04. The number of fused-ring (bicyclic) bond motifs is 4. The van der Waals surface area contributed by atoms with Gasteiger partial charge in [-0.25, -0.2) is 4.79 Å². The van der Waals surface area contributed by atoms with Crippen LogP contribution in [0.1, 0.15) is 104 Å². The maximum atomic E-state index is 14.5. The number of hydrogen-bond acceptors (Lipinski definition) is 12. The van der Waals surface area contributed by atoms with Crippen molar-refractivity contribution in [1.82, 2.24) is 0 Å². The number of aliphatic hydroxyl groups excluding tert-OH is 1. The zero-order chi connectivity index (χ0) is 35.2. The van der Waals surface area contributed by atoms with Gasteiger partial charge in [-0.2, -0.15) is 0 Å². The van der Waals surface area contributed by atoms with Crippen LogP contribution in [0.25, 0.3) is 0 Å². The molecule has 0 aromatic carbocycles. The van der Waals surface area contributed by atoms with Gasteiger partial charge < -0.3 is 38.6 Å². The summed E-state index contributed by atoms with van der Waals surface area (Å²) in [5.41, 5.74) is -3.60. The van der Waals surface area contributed by atoms with Crippen LogP contribution in [0, 0.1) is 11.3 Å². The van der Waals surface area contributed by atoms with Crippen LogP contribution in [0.4, 0.5) is 0 Å². The highest BCUT2D eigenvalue weighted by Gasteiger charge is 2.61. The van der Waals surface area contributed by atoms with Crippen LogP contribution in [0.5, 0.6) is 0 Å². The SMILES string of the molecule is CCCCCCCC(=O)O[C@H]1/C(=C/C(=O)OC)CC2C[C@H](CO)OC(=O)CCCCOCC[C@@H]3CCO[C@H](/C=C/C(C)(C)[C@]1(O)C2=O)O3. The Labute approximate surface area is 284 Å². The van der Waals surface area contributed by atoms with Crippen LogP contribution >= 0.6 is 0 Å². The second-order valence-corrected chi connectivity index (χ2v) is 13.6. The number of cyclic esters (lactones) is 1. The van der Waals surface area contributed by atoms with Gasteiger partial charge in [0.25, 0.3) is 0 Å². The molecule has 1 aliphatic carbocycles. The molecule has 48 heavy (non-hydrogen) atoms. The Hall–Kier alpha value is -2.64. The van der Waals surface area contributed by atoms with Crippen molar-refractivity contribution >= 4 is 23.7 Å². The van der Waals surface area contributed by atoms with Crippen molar-refractivity contribution in [3.05, 3.63) is 23.8 Å². The van der Waals surface area contributed by atoms with Gasteiger partial charge in [-0.05, 0) is 56.6 Å². The van der Waals surface area contributed by atoms with Gasteiger partial charge in [0.15, 0.2) is 23.8 Å². The lowest BCUT2D eigenvalue weighted by Gasteiger charge is -2.50. The van der Waals surface area contributed by atoms with Crippen LogP contribution in [-0.4, -0.2) is 97.6 Å². The Bertz CT molecular complexity index is 1130. The second kappa shape index (κ2) is 19.5. The Morgan fingerprint density at radius 3 is 2.54 bits per heavy atom. The first kappa shape index (κ1) is 39.8. The lowest BCUT2D eigenvalue weighted by atomic mass is 9.59. The highest BCUT2D eigenvalue weighted by Crippen LogP contribution is 2.48. The monoisotopic (exact) mass is 680 g/mol. The molecule has 1 saturated heterocycles. The third kappa shape index (κ3) is 11.2. The summed E-state index contributed by atoms with van der Waals surface area (Å²) in [4.78, 5) is 53.0. The number of ketones is 1. The lowest BCUT2D eigenvalue weighted by Crippen LogP contribution is -2.65. The minimum Gasteiger partial charge on any atom is -0.466 e. The fraction of sp³-hybridized carbons (Fsp3) is 0.778. The molecule has 2 heterocycles. The molecule has 4 bridgehead atoms. The molecule has 12 nitrogen and oxygen atoms in total. The highest BCUT2D eigenvalue weighted by molar-refractivity contribution is 5.95. The van der Waals surface area contributed by atoms with Crippen LogP contribution in [-0.2, 0) is 47.6 Å². The Morgan fingerprint density at radius 1 is 1.06 bits per heavy atom. The van der Waals surface area contributed by atoms with Gasteiger partial charge >= 0.3 is 17.9 Å². The van der Waals surface area contributed by atoms with E-state index in [4.69, 9.17) is 28.4 Å². The second-order valence-electron chi connectivity index (χ2n) is 13.6. The third-order valence-electron chi connectivity index (χ3n) is 9.44. The fourth-order valence-corrected chi connectivity index (χ4v) is 6.49. The molecule has 0 aromatic heterocycles. The first-order valence-corrected chi connectivity index (χ1v) is 17.5. The molecule has 0 aromatic rings. The summed E-state index contributed by atoms with van der Waals surface area (Å²) in [5, 5.41) is 22.8. The molecule has 2 aliphatic heterocycles. The van der Waals surface area contributed by atoms with Crippen LogP contribution in [0.2, 0.25) is 0 Å². The molecular weight excluding hydrogens is 624 g/mol. The van der Waals surface area contributed by atoms with Crippen LogP contribution < -0.4 is 0 Å². The van der Waals surface area contributed by atoms with Gasteiger partial charge in [0.2, 0.25) is 0 Å². The van der Waals surface area contributed by atoms with Crippen LogP contribution in [0.3, 0.4) is 0 Å². The van der Waals surface area contributed by atoms with E-state index in [-0.39, 0.29) is 37.4 Å². The van der Waals surface area contributed by atoms with E-state index < -0.39 is 65.7 Å². The van der Waals surface area contributed by atoms with Crippen molar-refractivity contribution in [2.75, 3.05) is 33.5 Å². The summed E-state index contributed by atoms with van der Waals surface area (Å²) < 4.78 is 34.1. The number of aliphatic hydroxyl groups is 2. The number of methoxy groups -OCH3 is 1. The number of carbonyl (C=O) groups is 4. The van der Waals surface area contributed by atoms with E-state index in [0.717, 1.165) is 31.8 Å². The highest BCUT2D eigenvalue weighted by atomic mass is 16.7. The third-order valence-corrected chi connectivity index (χ3v) is 9.44. The van der Waals surface area contributed by atoms with Gasteiger partial charge in [0.05, 0.1) is 26.4 Å². The standard InChI is InChI=1S/C36H56O12/c1-5-6-7-8-9-12-30(39)48-34-26(23-31(40)43-4)21-25-22-28(24-37)46-29(38)13-10-11-18-44-19-15-27-16-20-45-32(47-27)14-17-35(2,3)36(34,42)33(25)41/h14,17,23,25,27-28,32,34,37,42H,5-13,15-16,18-22,24H2,1-4H3/b17-14+,26-23+/t25?,27-,28-,32+,34+,36+/m1/s1. The minimum absolute atomic E-state index is 0.0765. The van der Waals surface area contributed by atoms with Gasteiger partial charge in [-0.3, -0.25) is 14.4 Å². The molecule has 3 rings (SSSR count).